The molecule has 3 nitrogen and oxygen atoms in total. The Morgan fingerprint density at radius 2 is 2.00 bits per heavy atom. The molecule has 0 bridgehead atoms. The summed E-state index contributed by atoms with van der Waals surface area (Å²) in [5.74, 6) is 0.717. The highest BCUT2D eigenvalue weighted by atomic mass is 35.5. The summed E-state index contributed by atoms with van der Waals surface area (Å²) in [6, 6.07) is 5.87. The van der Waals surface area contributed by atoms with Crippen LogP contribution in [0, 0.1) is 0 Å². The van der Waals surface area contributed by atoms with Gasteiger partial charge in [-0.15, -0.1) is 36.4 Å². The van der Waals surface area contributed by atoms with Crippen LogP contribution in [0.3, 0.4) is 0 Å². The van der Waals surface area contributed by atoms with Crippen LogP contribution in [0.1, 0.15) is 12.8 Å². The van der Waals surface area contributed by atoms with Crippen LogP contribution in [0.25, 0.3) is 11.0 Å². The molecule has 0 atom stereocenters. The second-order valence-electron chi connectivity index (χ2n) is 3.55. The lowest BCUT2D eigenvalue weighted by molar-refractivity contribution is 0.648. The number of anilines is 1. The van der Waals surface area contributed by atoms with Crippen molar-refractivity contribution in [3.05, 3.63) is 24.5 Å². The molecule has 0 saturated heterocycles. The van der Waals surface area contributed by atoms with Crippen LogP contribution in [-0.4, -0.2) is 15.4 Å². The van der Waals surface area contributed by atoms with Crippen LogP contribution in [-0.2, 0) is 6.54 Å². The zero-order valence-corrected chi connectivity index (χ0v) is 11.7. The van der Waals surface area contributed by atoms with E-state index in [4.69, 9.17) is 17.3 Å². The average Bonchev–Trinajstić information content (AvgIpc) is 2.64. The molecule has 1 heterocycles. The topological polar surface area (TPSA) is 43.8 Å². The summed E-state index contributed by atoms with van der Waals surface area (Å²) in [6.45, 7) is 0.951. The SMILES string of the molecule is Cl.Cl.Nc1cccc2c1ncn2CCCCCl. The maximum absolute atomic E-state index is 5.83. The van der Waals surface area contributed by atoms with Crippen LogP contribution in [0.15, 0.2) is 24.5 Å². The number of nitrogen functional groups attached to an aromatic ring is 1. The molecule has 0 amide bonds. The van der Waals surface area contributed by atoms with Gasteiger partial charge in [0.05, 0.1) is 17.5 Å². The molecule has 6 heteroatoms. The minimum absolute atomic E-state index is 0. The van der Waals surface area contributed by atoms with E-state index in [9.17, 15) is 0 Å². The molecule has 0 aliphatic carbocycles. The van der Waals surface area contributed by atoms with E-state index < -0.39 is 0 Å². The standard InChI is InChI=1S/C11H14ClN3.2ClH/c12-6-1-2-7-15-8-14-11-9(13)4-3-5-10(11)15;;/h3-5,8H,1-2,6-7,13H2;2*1H. The first-order valence-corrected chi connectivity index (χ1v) is 5.61. The van der Waals surface area contributed by atoms with Gasteiger partial charge in [0.2, 0.25) is 0 Å². The summed E-state index contributed by atoms with van der Waals surface area (Å²) in [5.41, 5.74) is 8.56. The van der Waals surface area contributed by atoms with Crippen molar-refractivity contribution in [1.29, 1.82) is 0 Å². The Labute approximate surface area is 118 Å². The molecular weight excluding hydrogens is 281 g/mol. The van der Waals surface area contributed by atoms with E-state index in [0.29, 0.717) is 0 Å². The maximum atomic E-state index is 5.83. The van der Waals surface area contributed by atoms with Crippen molar-refractivity contribution in [3.63, 3.8) is 0 Å². The number of imidazole rings is 1. The van der Waals surface area contributed by atoms with E-state index in [1.54, 1.807) is 0 Å². The fourth-order valence-corrected chi connectivity index (χ4v) is 1.85. The number of hydrogen-bond acceptors (Lipinski definition) is 2. The van der Waals surface area contributed by atoms with Crippen LogP contribution in [0.5, 0.6) is 0 Å². The lowest BCUT2D eigenvalue weighted by Gasteiger charge is -2.03. The van der Waals surface area contributed by atoms with Gasteiger partial charge in [-0.3, -0.25) is 0 Å². The predicted octanol–water partition coefficient (Wildman–Crippen LogP) is 3.48. The predicted molar refractivity (Wildman–Crippen MR) is 78.6 cm³/mol. The first kappa shape index (κ1) is 16.4. The van der Waals surface area contributed by atoms with Crippen LogP contribution < -0.4 is 5.73 Å². The molecule has 0 aliphatic heterocycles. The number of nitrogens with two attached hydrogens (primary N) is 1. The molecule has 1 aromatic heterocycles. The molecule has 0 unspecified atom stereocenters. The number of hydrogen-bond donors (Lipinski definition) is 1. The smallest absolute Gasteiger partial charge is 0.111 e. The van der Waals surface area contributed by atoms with E-state index in [1.807, 2.05) is 24.5 Å². The summed E-state index contributed by atoms with van der Waals surface area (Å²) < 4.78 is 2.12. The van der Waals surface area contributed by atoms with Crippen LogP contribution in [0.2, 0.25) is 0 Å². The van der Waals surface area contributed by atoms with Crippen molar-refractivity contribution in [1.82, 2.24) is 9.55 Å². The molecule has 1 aromatic carbocycles. The number of fused-ring (bicyclic) bond motifs is 1. The fraction of sp³-hybridized carbons (Fsp3) is 0.364. The second-order valence-corrected chi connectivity index (χ2v) is 3.93. The van der Waals surface area contributed by atoms with Crippen LogP contribution in [0.4, 0.5) is 5.69 Å². The number of rotatable bonds is 4. The molecule has 0 radical (unpaired) electrons. The normalized spacial score (nSPS) is 9.71. The fourth-order valence-electron chi connectivity index (χ4n) is 1.67. The molecule has 0 spiro atoms. The lowest BCUT2D eigenvalue weighted by Crippen LogP contribution is -1.96. The van der Waals surface area contributed by atoms with Gasteiger partial charge in [-0.1, -0.05) is 6.07 Å². The molecular formula is C11H16Cl3N3. The minimum Gasteiger partial charge on any atom is -0.397 e. The highest BCUT2D eigenvalue weighted by Crippen LogP contribution is 2.19. The van der Waals surface area contributed by atoms with Gasteiger partial charge < -0.3 is 10.3 Å². The monoisotopic (exact) mass is 295 g/mol. The number of unbranched alkanes of at least 4 members (excludes halogenated alkanes) is 1. The number of para-hydroxylation sites is 1. The highest BCUT2D eigenvalue weighted by Gasteiger charge is 2.03. The molecule has 17 heavy (non-hydrogen) atoms. The zero-order chi connectivity index (χ0) is 10.7. The van der Waals surface area contributed by atoms with E-state index in [-0.39, 0.29) is 24.8 Å². The van der Waals surface area contributed by atoms with Crippen molar-refractivity contribution in [2.24, 2.45) is 0 Å². The van der Waals surface area contributed by atoms with Gasteiger partial charge in [0.15, 0.2) is 0 Å². The van der Waals surface area contributed by atoms with E-state index in [2.05, 4.69) is 9.55 Å². The summed E-state index contributed by atoms with van der Waals surface area (Å²) in [4.78, 5) is 4.30. The van der Waals surface area contributed by atoms with Gasteiger partial charge >= 0.3 is 0 Å². The summed E-state index contributed by atoms with van der Waals surface area (Å²) >= 11 is 5.64. The van der Waals surface area contributed by atoms with Gasteiger partial charge in [-0.05, 0) is 25.0 Å². The quantitative estimate of drug-likeness (QED) is 0.533. The van der Waals surface area contributed by atoms with Crippen molar-refractivity contribution in [2.75, 3.05) is 11.6 Å². The summed E-state index contributed by atoms with van der Waals surface area (Å²) in [6.07, 6.45) is 3.95. The molecule has 0 fully saturated rings. The Bertz CT molecular complexity index is 456. The van der Waals surface area contributed by atoms with Crippen molar-refractivity contribution in [3.8, 4) is 0 Å². The number of alkyl halides is 1. The average molecular weight is 297 g/mol. The Balaban J connectivity index is 0.00000128. The van der Waals surface area contributed by atoms with E-state index in [1.165, 1.54) is 0 Å². The minimum atomic E-state index is 0. The number of aryl methyl sites for hydroxylation is 1. The molecule has 2 aromatic rings. The van der Waals surface area contributed by atoms with Gasteiger partial charge in [-0.25, -0.2) is 4.98 Å². The Morgan fingerprint density at radius 1 is 1.24 bits per heavy atom. The molecule has 0 aliphatic rings. The number of nitrogens with zero attached hydrogens (tertiary/aromatic N) is 2. The molecule has 0 saturated carbocycles. The third-order valence-corrected chi connectivity index (χ3v) is 2.73. The third-order valence-electron chi connectivity index (χ3n) is 2.46. The molecule has 2 rings (SSSR count). The van der Waals surface area contributed by atoms with Crippen molar-refractivity contribution >= 4 is 53.1 Å². The summed E-state index contributed by atoms with van der Waals surface area (Å²) in [5, 5.41) is 0. The van der Waals surface area contributed by atoms with E-state index in [0.717, 1.165) is 42.0 Å². The van der Waals surface area contributed by atoms with Gasteiger partial charge in [0.25, 0.3) is 0 Å². The Morgan fingerprint density at radius 3 is 2.71 bits per heavy atom. The maximum Gasteiger partial charge on any atom is 0.111 e. The lowest BCUT2D eigenvalue weighted by atomic mass is 10.2. The highest BCUT2D eigenvalue weighted by molar-refractivity contribution is 6.17. The Kier molecular flexibility index (Phi) is 7.35. The number of aromatic nitrogens is 2. The molecule has 2 N–H and O–H groups in total. The third kappa shape index (κ3) is 3.66. The van der Waals surface area contributed by atoms with Gasteiger partial charge in [0, 0.05) is 12.4 Å². The van der Waals surface area contributed by atoms with Crippen molar-refractivity contribution < 1.29 is 0 Å². The second kappa shape index (κ2) is 7.64. The number of halogens is 3. The molecule has 96 valence electrons. The van der Waals surface area contributed by atoms with Gasteiger partial charge in [-0.2, -0.15) is 0 Å². The van der Waals surface area contributed by atoms with Crippen molar-refractivity contribution in [2.45, 2.75) is 19.4 Å². The number of benzene rings is 1. The first-order valence-electron chi connectivity index (χ1n) is 5.08. The largest absolute Gasteiger partial charge is 0.397 e. The van der Waals surface area contributed by atoms with E-state index >= 15 is 0 Å². The zero-order valence-electron chi connectivity index (χ0n) is 9.30. The van der Waals surface area contributed by atoms with Crippen LogP contribution >= 0.6 is 36.4 Å². The Hall–Kier alpha value is -0.640. The summed E-state index contributed by atoms with van der Waals surface area (Å²) in [7, 11) is 0. The van der Waals surface area contributed by atoms with Gasteiger partial charge in [0.1, 0.15) is 5.52 Å². The first-order chi connectivity index (χ1) is 7.33.